The Labute approximate surface area is 91.6 Å². The molecule has 4 heteroatoms. The molecule has 0 aliphatic carbocycles. The lowest BCUT2D eigenvalue weighted by Gasteiger charge is -2.06. The van der Waals surface area contributed by atoms with Gasteiger partial charge in [-0.15, -0.1) is 0 Å². The second-order valence-corrected chi connectivity index (χ2v) is 5.43. The molecule has 0 aromatic heterocycles. The number of unbranched alkanes of at least 4 members (excludes halogenated alkanes) is 1. The third kappa shape index (κ3) is 4.83. The maximum absolute atomic E-state index is 11.0. The smallest absolute Gasteiger partial charge is 0.229 e. The Morgan fingerprint density at radius 3 is 2.67 bits per heavy atom. The molecule has 0 radical (unpaired) electrons. The largest absolute Gasteiger partial charge is 0.284 e. The van der Waals surface area contributed by atoms with E-state index in [1.807, 2.05) is 18.2 Å². The molecule has 15 heavy (non-hydrogen) atoms. The monoisotopic (exact) mass is 227 g/mol. The third-order valence-electron chi connectivity index (χ3n) is 2.05. The number of rotatable bonds is 5. The minimum atomic E-state index is -3.16. The van der Waals surface area contributed by atoms with Gasteiger partial charge in [-0.3, -0.25) is 4.72 Å². The molecule has 0 saturated carbocycles. The number of sulfonamides is 1. The average molecular weight is 227 g/mol. The lowest BCUT2D eigenvalue weighted by molar-refractivity contribution is 0.607. The van der Waals surface area contributed by atoms with Crippen LogP contribution in [0.25, 0.3) is 0 Å². The van der Waals surface area contributed by atoms with Crippen LogP contribution in [0.1, 0.15) is 25.3 Å². The van der Waals surface area contributed by atoms with Crippen LogP contribution in [0.4, 0.5) is 5.69 Å². The van der Waals surface area contributed by atoms with Crippen LogP contribution in [0.2, 0.25) is 0 Å². The summed E-state index contributed by atoms with van der Waals surface area (Å²) in [5.74, 6) is 0. The van der Waals surface area contributed by atoms with Gasteiger partial charge in [-0.25, -0.2) is 8.42 Å². The molecule has 0 heterocycles. The molecule has 84 valence electrons. The topological polar surface area (TPSA) is 46.2 Å². The molecule has 0 aliphatic rings. The molecular formula is C11H17NO2S. The van der Waals surface area contributed by atoms with Crippen LogP contribution in [0.5, 0.6) is 0 Å². The Balaban J connectivity index is 2.74. The third-order valence-corrected chi connectivity index (χ3v) is 2.66. The van der Waals surface area contributed by atoms with E-state index in [1.165, 1.54) is 5.56 Å². The van der Waals surface area contributed by atoms with Gasteiger partial charge in [0.25, 0.3) is 0 Å². The quantitative estimate of drug-likeness (QED) is 0.839. The van der Waals surface area contributed by atoms with Crippen molar-refractivity contribution in [1.82, 2.24) is 0 Å². The minimum Gasteiger partial charge on any atom is -0.284 e. The Morgan fingerprint density at radius 2 is 2.07 bits per heavy atom. The van der Waals surface area contributed by atoms with Gasteiger partial charge in [-0.1, -0.05) is 25.5 Å². The zero-order chi connectivity index (χ0) is 11.3. The molecule has 1 N–H and O–H groups in total. The summed E-state index contributed by atoms with van der Waals surface area (Å²) in [5.41, 5.74) is 1.82. The highest BCUT2D eigenvalue weighted by molar-refractivity contribution is 7.92. The van der Waals surface area contributed by atoms with E-state index in [9.17, 15) is 8.42 Å². The van der Waals surface area contributed by atoms with Gasteiger partial charge in [0.2, 0.25) is 10.0 Å². The highest BCUT2D eigenvalue weighted by atomic mass is 32.2. The van der Waals surface area contributed by atoms with Gasteiger partial charge < -0.3 is 0 Å². The summed E-state index contributed by atoms with van der Waals surface area (Å²) in [6.45, 7) is 2.14. The fraction of sp³-hybridized carbons (Fsp3) is 0.455. The summed E-state index contributed by atoms with van der Waals surface area (Å²) in [5, 5.41) is 0. The normalized spacial score (nSPS) is 11.3. The lowest BCUT2D eigenvalue weighted by atomic mass is 10.1. The molecule has 0 amide bonds. The number of hydrogen-bond donors (Lipinski definition) is 1. The second kappa shape index (κ2) is 5.16. The molecule has 0 unspecified atom stereocenters. The van der Waals surface area contributed by atoms with Crippen molar-refractivity contribution in [1.29, 1.82) is 0 Å². The summed E-state index contributed by atoms with van der Waals surface area (Å²) in [7, 11) is -3.16. The van der Waals surface area contributed by atoms with E-state index in [4.69, 9.17) is 0 Å². The van der Waals surface area contributed by atoms with Crippen molar-refractivity contribution >= 4 is 15.7 Å². The van der Waals surface area contributed by atoms with E-state index < -0.39 is 10.0 Å². The Bertz CT molecular complexity index is 412. The molecular weight excluding hydrogens is 210 g/mol. The van der Waals surface area contributed by atoms with Crippen molar-refractivity contribution < 1.29 is 8.42 Å². The molecule has 0 aliphatic heterocycles. The van der Waals surface area contributed by atoms with Crippen molar-refractivity contribution in [2.24, 2.45) is 0 Å². The fourth-order valence-electron chi connectivity index (χ4n) is 1.39. The van der Waals surface area contributed by atoms with Crippen LogP contribution in [0, 0.1) is 0 Å². The predicted molar refractivity (Wildman–Crippen MR) is 63.5 cm³/mol. The Hall–Kier alpha value is -1.03. The van der Waals surface area contributed by atoms with E-state index in [0.717, 1.165) is 25.5 Å². The second-order valence-electron chi connectivity index (χ2n) is 3.68. The van der Waals surface area contributed by atoms with Crippen molar-refractivity contribution in [3.8, 4) is 0 Å². The first-order chi connectivity index (χ1) is 7.01. The fourth-order valence-corrected chi connectivity index (χ4v) is 1.94. The lowest BCUT2D eigenvalue weighted by Crippen LogP contribution is -2.09. The number of aryl methyl sites for hydroxylation is 1. The van der Waals surface area contributed by atoms with Gasteiger partial charge >= 0.3 is 0 Å². The summed E-state index contributed by atoms with van der Waals surface area (Å²) < 4.78 is 24.5. The Morgan fingerprint density at radius 1 is 1.33 bits per heavy atom. The van der Waals surface area contributed by atoms with Crippen LogP contribution in [0.3, 0.4) is 0 Å². The van der Waals surface area contributed by atoms with Gasteiger partial charge in [0.15, 0.2) is 0 Å². The highest BCUT2D eigenvalue weighted by Crippen LogP contribution is 2.13. The van der Waals surface area contributed by atoms with Crippen molar-refractivity contribution in [2.45, 2.75) is 26.2 Å². The van der Waals surface area contributed by atoms with Gasteiger partial charge in [-0.2, -0.15) is 0 Å². The molecule has 0 bridgehead atoms. The first-order valence-electron chi connectivity index (χ1n) is 5.08. The van der Waals surface area contributed by atoms with Crippen molar-refractivity contribution in [3.05, 3.63) is 29.8 Å². The van der Waals surface area contributed by atoms with Gasteiger partial charge in [0.1, 0.15) is 0 Å². The zero-order valence-corrected chi connectivity index (χ0v) is 9.97. The molecule has 0 atom stereocenters. The van der Waals surface area contributed by atoms with E-state index in [1.54, 1.807) is 6.07 Å². The first kappa shape index (κ1) is 12.0. The van der Waals surface area contributed by atoms with Crippen molar-refractivity contribution in [3.63, 3.8) is 0 Å². The van der Waals surface area contributed by atoms with E-state index in [-0.39, 0.29) is 0 Å². The van der Waals surface area contributed by atoms with Crippen LogP contribution < -0.4 is 4.72 Å². The summed E-state index contributed by atoms with van der Waals surface area (Å²) in [6.07, 6.45) is 4.42. The number of hydrogen-bond acceptors (Lipinski definition) is 2. The molecule has 0 saturated heterocycles. The van der Waals surface area contributed by atoms with Crippen molar-refractivity contribution in [2.75, 3.05) is 11.0 Å². The van der Waals surface area contributed by atoms with Crippen LogP contribution in [-0.4, -0.2) is 14.7 Å². The summed E-state index contributed by atoms with van der Waals surface area (Å²) in [4.78, 5) is 0. The van der Waals surface area contributed by atoms with Crippen LogP contribution >= 0.6 is 0 Å². The number of benzene rings is 1. The molecule has 0 fully saturated rings. The van der Waals surface area contributed by atoms with Crippen LogP contribution in [0.15, 0.2) is 24.3 Å². The standard InChI is InChI=1S/C11H17NO2S/c1-3-4-6-10-7-5-8-11(9-10)12-15(2,13)14/h5,7-9,12H,3-4,6H2,1-2H3. The van der Waals surface area contributed by atoms with E-state index in [0.29, 0.717) is 5.69 Å². The number of anilines is 1. The maximum atomic E-state index is 11.0. The van der Waals surface area contributed by atoms with Gasteiger partial charge in [-0.05, 0) is 30.5 Å². The first-order valence-corrected chi connectivity index (χ1v) is 6.97. The SMILES string of the molecule is CCCCc1cccc(NS(C)(=O)=O)c1. The predicted octanol–water partition coefficient (Wildman–Crippen LogP) is 2.40. The number of nitrogens with one attached hydrogen (secondary N) is 1. The average Bonchev–Trinajstić information content (AvgIpc) is 2.12. The van der Waals surface area contributed by atoms with Crippen LogP contribution in [-0.2, 0) is 16.4 Å². The summed E-state index contributed by atoms with van der Waals surface area (Å²) >= 11 is 0. The van der Waals surface area contributed by atoms with Gasteiger partial charge in [0.05, 0.1) is 6.26 Å². The maximum Gasteiger partial charge on any atom is 0.229 e. The highest BCUT2D eigenvalue weighted by Gasteiger charge is 2.01. The molecule has 1 aromatic rings. The molecule has 1 aromatic carbocycles. The molecule has 0 spiro atoms. The zero-order valence-electron chi connectivity index (χ0n) is 9.16. The minimum absolute atomic E-state index is 0.645. The van der Waals surface area contributed by atoms with E-state index >= 15 is 0 Å². The molecule has 3 nitrogen and oxygen atoms in total. The molecule has 1 rings (SSSR count). The Kier molecular flexibility index (Phi) is 4.15. The van der Waals surface area contributed by atoms with E-state index in [2.05, 4.69) is 11.6 Å². The summed E-state index contributed by atoms with van der Waals surface area (Å²) in [6, 6.07) is 7.54. The van der Waals surface area contributed by atoms with Gasteiger partial charge in [0, 0.05) is 5.69 Å².